The molecule has 2 aromatic rings. The van der Waals surface area contributed by atoms with Crippen molar-refractivity contribution in [3.05, 3.63) is 65.2 Å². The molecule has 7 heteroatoms. The lowest BCUT2D eigenvalue weighted by Gasteiger charge is -2.26. The average Bonchev–Trinajstić information content (AvgIpc) is 3.44. The molecule has 1 N–H and O–H groups in total. The number of carbonyl (C=O) groups excluding carboxylic acids is 1. The number of hydrogen-bond donors (Lipinski definition) is 1. The molecule has 2 unspecified atom stereocenters. The highest BCUT2D eigenvalue weighted by molar-refractivity contribution is 7.89. The van der Waals surface area contributed by atoms with Gasteiger partial charge in [0.15, 0.2) is 0 Å². The minimum Gasteiger partial charge on any atom is -0.377 e. The second kappa shape index (κ2) is 8.88. The zero-order valence-corrected chi connectivity index (χ0v) is 18.0. The lowest BCUT2D eigenvalue weighted by atomic mass is 9.99. The van der Waals surface area contributed by atoms with Crippen LogP contribution < -0.4 is 4.72 Å². The number of aryl methyl sites for hydroxylation is 1. The van der Waals surface area contributed by atoms with E-state index < -0.39 is 10.0 Å². The van der Waals surface area contributed by atoms with Crippen molar-refractivity contribution in [1.82, 2.24) is 9.62 Å². The maximum atomic E-state index is 13.1. The largest absolute Gasteiger partial charge is 0.377 e. The summed E-state index contributed by atoms with van der Waals surface area (Å²) in [7, 11) is -3.62. The van der Waals surface area contributed by atoms with E-state index in [4.69, 9.17) is 4.74 Å². The molecule has 0 radical (unpaired) electrons. The van der Waals surface area contributed by atoms with E-state index in [0.717, 1.165) is 25.7 Å². The van der Waals surface area contributed by atoms with Gasteiger partial charge in [-0.15, -0.1) is 0 Å². The summed E-state index contributed by atoms with van der Waals surface area (Å²) in [5, 5.41) is 0. The van der Waals surface area contributed by atoms with Crippen molar-refractivity contribution in [3.8, 4) is 0 Å². The molecule has 0 saturated carbocycles. The van der Waals surface area contributed by atoms with E-state index in [1.165, 1.54) is 23.3 Å². The lowest BCUT2D eigenvalue weighted by Crippen LogP contribution is -2.32. The molecule has 2 aliphatic heterocycles. The van der Waals surface area contributed by atoms with Crippen LogP contribution in [0.1, 0.15) is 53.2 Å². The topological polar surface area (TPSA) is 75.7 Å². The third kappa shape index (κ3) is 4.43. The van der Waals surface area contributed by atoms with Gasteiger partial charge in [0.2, 0.25) is 10.0 Å². The number of benzene rings is 2. The van der Waals surface area contributed by atoms with Gasteiger partial charge >= 0.3 is 0 Å². The Morgan fingerprint density at radius 2 is 1.87 bits per heavy atom. The molecule has 6 nitrogen and oxygen atoms in total. The van der Waals surface area contributed by atoms with Crippen LogP contribution in [-0.4, -0.2) is 45.0 Å². The molecule has 2 saturated heterocycles. The number of nitrogens with one attached hydrogen (secondary N) is 1. The van der Waals surface area contributed by atoms with Gasteiger partial charge in [0.25, 0.3) is 5.91 Å². The van der Waals surface area contributed by atoms with Crippen molar-refractivity contribution < 1.29 is 17.9 Å². The summed E-state index contributed by atoms with van der Waals surface area (Å²) >= 11 is 0. The Hall–Kier alpha value is -2.22. The lowest BCUT2D eigenvalue weighted by molar-refractivity contribution is 0.0735. The zero-order valence-electron chi connectivity index (χ0n) is 17.2. The molecule has 1 amide bonds. The molecule has 2 atom stereocenters. The molecule has 2 aliphatic rings. The molecule has 0 aromatic heterocycles. The quantitative estimate of drug-likeness (QED) is 0.765. The van der Waals surface area contributed by atoms with E-state index in [1.54, 1.807) is 12.1 Å². The number of ether oxygens (including phenoxy) is 1. The Kier molecular flexibility index (Phi) is 6.22. The first-order chi connectivity index (χ1) is 14.5. The minimum absolute atomic E-state index is 0.0583. The third-order valence-electron chi connectivity index (χ3n) is 6.00. The minimum atomic E-state index is -3.62. The molecule has 160 valence electrons. The van der Waals surface area contributed by atoms with Gasteiger partial charge in [-0.25, -0.2) is 13.1 Å². The van der Waals surface area contributed by atoms with E-state index in [2.05, 4.69) is 23.8 Å². The van der Waals surface area contributed by atoms with Crippen LogP contribution in [0.4, 0.5) is 0 Å². The van der Waals surface area contributed by atoms with Crippen molar-refractivity contribution >= 4 is 15.9 Å². The Morgan fingerprint density at radius 3 is 2.57 bits per heavy atom. The summed E-state index contributed by atoms with van der Waals surface area (Å²) in [6.45, 7) is 3.73. The molecule has 0 bridgehead atoms. The van der Waals surface area contributed by atoms with Crippen LogP contribution in [0.5, 0.6) is 0 Å². The molecule has 2 fully saturated rings. The van der Waals surface area contributed by atoms with E-state index >= 15 is 0 Å². The Morgan fingerprint density at radius 1 is 1.10 bits per heavy atom. The summed E-state index contributed by atoms with van der Waals surface area (Å²) in [4.78, 5) is 15.2. The van der Waals surface area contributed by atoms with Crippen molar-refractivity contribution in [2.75, 3.05) is 19.7 Å². The molecule has 0 aliphatic carbocycles. The van der Waals surface area contributed by atoms with Crippen LogP contribution >= 0.6 is 0 Å². The van der Waals surface area contributed by atoms with Crippen LogP contribution in [0.2, 0.25) is 0 Å². The first-order valence-electron chi connectivity index (χ1n) is 10.5. The van der Waals surface area contributed by atoms with E-state index in [9.17, 15) is 13.2 Å². The van der Waals surface area contributed by atoms with Crippen molar-refractivity contribution in [3.63, 3.8) is 0 Å². The fraction of sp³-hybridized carbons (Fsp3) is 0.435. The average molecular weight is 429 g/mol. The normalized spacial score (nSPS) is 21.8. The standard InChI is InChI=1S/C23H28N2O4S/c1-17-6-2-3-8-21(17)22-9-4-14-25(22)23(26)18-10-12-20(13-11-18)30(27,28)24-16-19-7-5-15-29-19/h2-3,6,8,10-13,19,22,24H,4-5,7,9,14-16H2,1H3. The highest BCUT2D eigenvalue weighted by Crippen LogP contribution is 2.34. The van der Waals surface area contributed by atoms with Crippen LogP contribution in [0.15, 0.2) is 53.4 Å². The van der Waals surface area contributed by atoms with Crippen molar-refractivity contribution in [2.45, 2.75) is 49.6 Å². The molecule has 30 heavy (non-hydrogen) atoms. The van der Waals surface area contributed by atoms with E-state index in [-0.39, 0.29) is 29.5 Å². The molecule has 0 spiro atoms. The third-order valence-corrected chi connectivity index (χ3v) is 7.44. The van der Waals surface area contributed by atoms with Crippen LogP contribution in [0, 0.1) is 6.92 Å². The maximum absolute atomic E-state index is 13.1. The number of rotatable bonds is 6. The molecular formula is C23H28N2O4S. The van der Waals surface area contributed by atoms with Crippen molar-refractivity contribution in [1.29, 1.82) is 0 Å². The highest BCUT2D eigenvalue weighted by Gasteiger charge is 2.31. The highest BCUT2D eigenvalue weighted by atomic mass is 32.2. The van der Waals surface area contributed by atoms with Crippen LogP contribution in [-0.2, 0) is 14.8 Å². The summed E-state index contributed by atoms with van der Waals surface area (Å²) in [6, 6.07) is 14.5. The van der Waals surface area contributed by atoms with E-state index in [1.807, 2.05) is 17.0 Å². The first-order valence-corrected chi connectivity index (χ1v) is 12.0. The van der Waals surface area contributed by atoms with Gasteiger partial charge in [-0.2, -0.15) is 0 Å². The number of amides is 1. The smallest absolute Gasteiger partial charge is 0.254 e. The van der Waals surface area contributed by atoms with Gasteiger partial charge in [-0.3, -0.25) is 4.79 Å². The van der Waals surface area contributed by atoms with Crippen LogP contribution in [0.3, 0.4) is 0 Å². The first kappa shape index (κ1) is 21.0. The SMILES string of the molecule is Cc1ccccc1C1CCCN1C(=O)c1ccc(S(=O)(=O)NCC2CCCO2)cc1. The summed E-state index contributed by atoms with van der Waals surface area (Å²) in [5.41, 5.74) is 2.87. The van der Waals surface area contributed by atoms with E-state index in [0.29, 0.717) is 18.7 Å². The molecule has 2 aromatic carbocycles. The fourth-order valence-corrected chi connectivity index (χ4v) is 5.39. The Balaban J connectivity index is 1.46. The molecular weight excluding hydrogens is 400 g/mol. The number of likely N-dealkylation sites (tertiary alicyclic amines) is 1. The monoisotopic (exact) mass is 428 g/mol. The molecule has 2 heterocycles. The zero-order chi connectivity index (χ0) is 21.1. The molecule has 4 rings (SSSR count). The van der Waals surface area contributed by atoms with Gasteiger partial charge < -0.3 is 9.64 Å². The number of carbonyl (C=O) groups is 1. The van der Waals surface area contributed by atoms with Gasteiger partial charge in [0.1, 0.15) is 0 Å². The van der Waals surface area contributed by atoms with Crippen molar-refractivity contribution in [2.24, 2.45) is 0 Å². The summed E-state index contributed by atoms with van der Waals surface area (Å²) in [5.74, 6) is -0.0583. The second-order valence-corrected chi connectivity index (χ2v) is 9.79. The Labute approximate surface area is 178 Å². The second-order valence-electron chi connectivity index (χ2n) is 8.02. The maximum Gasteiger partial charge on any atom is 0.254 e. The van der Waals surface area contributed by atoms with Gasteiger partial charge in [-0.1, -0.05) is 24.3 Å². The number of nitrogens with zero attached hydrogens (tertiary/aromatic N) is 1. The summed E-state index contributed by atoms with van der Waals surface area (Å²) < 4.78 is 33.2. The van der Waals surface area contributed by atoms with Gasteiger partial charge in [0, 0.05) is 25.3 Å². The fourth-order valence-electron chi connectivity index (χ4n) is 4.33. The van der Waals surface area contributed by atoms with Gasteiger partial charge in [-0.05, 0) is 68.0 Å². The predicted molar refractivity (Wildman–Crippen MR) is 115 cm³/mol. The summed E-state index contributed by atoms with van der Waals surface area (Å²) in [6.07, 6.45) is 3.67. The predicted octanol–water partition coefficient (Wildman–Crippen LogP) is 3.43. The van der Waals surface area contributed by atoms with Crippen LogP contribution in [0.25, 0.3) is 0 Å². The van der Waals surface area contributed by atoms with Gasteiger partial charge in [0.05, 0.1) is 17.0 Å². The Bertz CT molecular complexity index is 998. The number of sulfonamides is 1. The number of hydrogen-bond acceptors (Lipinski definition) is 4.